The first kappa shape index (κ1) is 14.0. The number of benzene rings is 1. The van der Waals surface area contributed by atoms with Crippen molar-refractivity contribution < 1.29 is 4.79 Å². The van der Waals surface area contributed by atoms with Gasteiger partial charge in [0, 0.05) is 16.7 Å². The second-order valence-corrected chi connectivity index (χ2v) is 5.48. The van der Waals surface area contributed by atoms with Crippen LogP contribution in [0.1, 0.15) is 19.4 Å². The van der Waals surface area contributed by atoms with Crippen molar-refractivity contribution in [2.75, 3.05) is 18.4 Å². The van der Waals surface area contributed by atoms with Crippen LogP contribution in [0.4, 0.5) is 5.69 Å². The fourth-order valence-corrected chi connectivity index (χ4v) is 2.01. The van der Waals surface area contributed by atoms with Gasteiger partial charge in [-0.05, 0) is 36.6 Å². The van der Waals surface area contributed by atoms with Crippen LogP contribution in [0, 0.1) is 12.8 Å². The zero-order chi connectivity index (χ0) is 12.8. The maximum Gasteiger partial charge on any atom is 0.239 e. The molecule has 1 amide bonds. The molecule has 1 aromatic rings. The smallest absolute Gasteiger partial charge is 0.239 e. The fourth-order valence-electron chi connectivity index (χ4n) is 1.40. The minimum absolute atomic E-state index is 0.0244. The van der Waals surface area contributed by atoms with Gasteiger partial charge < -0.3 is 10.6 Å². The predicted molar refractivity (Wildman–Crippen MR) is 75.2 cm³/mol. The van der Waals surface area contributed by atoms with Crippen molar-refractivity contribution in [2.45, 2.75) is 20.8 Å². The molecule has 17 heavy (non-hydrogen) atoms. The number of hydrogen-bond acceptors (Lipinski definition) is 2. The van der Waals surface area contributed by atoms with Crippen LogP contribution in [0.3, 0.4) is 0 Å². The molecule has 0 aromatic heterocycles. The summed E-state index contributed by atoms with van der Waals surface area (Å²) in [7, 11) is 0. The number of nitrogens with one attached hydrogen (secondary N) is 2. The first-order chi connectivity index (χ1) is 7.97. The van der Waals surface area contributed by atoms with Crippen LogP contribution in [0.5, 0.6) is 0 Å². The van der Waals surface area contributed by atoms with E-state index < -0.39 is 0 Å². The molecule has 0 spiro atoms. The maximum absolute atomic E-state index is 11.5. The molecule has 0 aliphatic heterocycles. The molecule has 94 valence electrons. The summed E-state index contributed by atoms with van der Waals surface area (Å²) < 4.78 is 1.02. The van der Waals surface area contributed by atoms with E-state index in [1.165, 1.54) is 0 Å². The minimum Gasteiger partial charge on any atom is -0.376 e. The third-order valence-electron chi connectivity index (χ3n) is 2.20. The van der Waals surface area contributed by atoms with E-state index in [4.69, 9.17) is 0 Å². The van der Waals surface area contributed by atoms with E-state index in [9.17, 15) is 4.79 Å². The summed E-state index contributed by atoms with van der Waals surface area (Å²) in [6.07, 6.45) is 0. The van der Waals surface area contributed by atoms with Crippen LogP contribution in [-0.2, 0) is 4.79 Å². The Kier molecular flexibility index (Phi) is 5.48. The van der Waals surface area contributed by atoms with Gasteiger partial charge in [0.25, 0.3) is 0 Å². The Balaban J connectivity index is 2.42. The highest BCUT2D eigenvalue weighted by molar-refractivity contribution is 9.10. The number of hydrogen-bond donors (Lipinski definition) is 2. The second kappa shape index (κ2) is 6.64. The second-order valence-electron chi connectivity index (χ2n) is 4.57. The zero-order valence-corrected chi connectivity index (χ0v) is 12.1. The average molecular weight is 299 g/mol. The molecular formula is C13H19BrN2O. The number of amides is 1. The van der Waals surface area contributed by atoms with E-state index >= 15 is 0 Å². The molecule has 1 rings (SSSR count). The fraction of sp³-hybridized carbons (Fsp3) is 0.462. The van der Waals surface area contributed by atoms with Crippen LogP contribution in [-0.4, -0.2) is 19.0 Å². The van der Waals surface area contributed by atoms with Crippen LogP contribution in [0.25, 0.3) is 0 Å². The van der Waals surface area contributed by atoms with E-state index in [-0.39, 0.29) is 5.91 Å². The van der Waals surface area contributed by atoms with Crippen molar-refractivity contribution in [3.8, 4) is 0 Å². The van der Waals surface area contributed by atoms with Crippen molar-refractivity contribution in [1.29, 1.82) is 0 Å². The predicted octanol–water partition coefficient (Wildman–Crippen LogP) is 2.94. The van der Waals surface area contributed by atoms with Gasteiger partial charge in [-0.1, -0.05) is 29.8 Å². The number of carbonyl (C=O) groups excluding carboxylic acids is 1. The van der Waals surface area contributed by atoms with E-state index in [0.717, 1.165) is 22.3 Å². The Labute approximate surface area is 111 Å². The summed E-state index contributed by atoms with van der Waals surface area (Å²) in [6, 6.07) is 6.01. The number of carbonyl (C=O) groups is 1. The van der Waals surface area contributed by atoms with Gasteiger partial charge in [-0.15, -0.1) is 0 Å². The highest BCUT2D eigenvalue weighted by Gasteiger charge is 2.02. The molecule has 0 heterocycles. The van der Waals surface area contributed by atoms with Crippen molar-refractivity contribution in [3.05, 3.63) is 28.2 Å². The number of rotatable bonds is 5. The molecule has 0 saturated carbocycles. The van der Waals surface area contributed by atoms with Gasteiger partial charge >= 0.3 is 0 Å². The molecular weight excluding hydrogens is 280 g/mol. The van der Waals surface area contributed by atoms with Crippen molar-refractivity contribution in [2.24, 2.45) is 5.92 Å². The molecule has 0 fully saturated rings. The lowest BCUT2D eigenvalue weighted by Gasteiger charge is -2.10. The summed E-state index contributed by atoms with van der Waals surface area (Å²) in [5.41, 5.74) is 2.11. The Morgan fingerprint density at radius 3 is 2.65 bits per heavy atom. The zero-order valence-electron chi connectivity index (χ0n) is 10.5. The molecule has 0 aliphatic carbocycles. The van der Waals surface area contributed by atoms with Gasteiger partial charge in [-0.3, -0.25) is 4.79 Å². The van der Waals surface area contributed by atoms with Gasteiger partial charge in [-0.25, -0.2) is 0 Å². The lowest BCUT2D eigenvalue weighted by Crippen LogP contribution is -2.32. The minimum atomic E-state index is 0.0244. The summed E-state index contributed by atoms with van der Waals surface area (Å²) in [6.45, 7) is 7.20. The highest BCUT2D eigenvalue weighted by Crippen LogP contribution is 2.18. The van der Waals surface area contributed by atoms with Gasteiger partial charge in [-0.2, -0.15) is 0 Å². The van der Waals surface area contributed by atoms with Crippen LogP contribution in [0.15, 0.2) is 22.7 Å². The summed E-state index contributed by atoms with van der Waals surface area (Å²) >= 11 is 3.43. The molecule has 0 saturated heterocycles. The summed E-state index contributed by atoms with van der Waals surface area (Å²) in [4.78, 5) is 11.5. The van der Waals surface area contributed by atoms with E-state index in [2.05, 4.69) is 40.4 Å². The largest absolute Gasteiger partial charge is 0.376 e. The summed E-state index contributed by atoms with van der Waals surface area (Å²) in [5, 5.41) is 5.98. The highest BCUT2D eigenvalue weighted by atomic mass is 79.9. The first-order valence-corrected chi connectivity index (χ1v) is 6.54. The normalized spacial score (nSPS) is 10.4. The van der Waals surface area contributed by atoms with Crippen LogP contribution in [0.2, 0.25) is 0 Å². The molecule has 0 unspecified atom stereocenters. The number of halogens is 1. The monoisotopic (exact) mass is 298 g/mol. The third kappa shape index (κ3) is 5.73. The molecule has 3 nitrogen and oxygen atoms in total. The van der Waals surface area contributed by atoms with E-state index in [1.54, 1.807) is 0 Å². The van der Waals surface area contributed by atoms with Crippen LogP contribution >= 0.6 is 15.9 Å². The number of aryl methyl sites for hydroxylation is 1. The van der Waals surface area contributed by atoms with Gasteiger partial charge in [0.2, 0.25) is 5.91 Å². The number of anilines is 1. The Bertz CT molecular complexity index is 371. The van der Waals surface area contributed by atoms with Gasteiger partial charge in [0.05, 0.1) is 6.54 Å². The molecule has 0 bridgehead atoms. The first-order valence-electron chi connectivity index (χ1n) is 5.75. The maximum atomic E-state index is 11.5. The topological polar surface area (TPSA) is 41.1 Å². The van der Waals surface area contributed by atoms with Gasteiger partial charge in [0.15, 0.2) is 0 Å². The van der Waals surface area contributed by atoms with Gasteiger partial charge in [0.1, 0.15) is 0 Å². The SMILES string of the molecule is Cc1cc(Br)cc(NCC(=O)NCC(C)C)c1. The Morgan fingerprint density at radius 2 is 2.06 bits per heavy atom. The third-order valence-corrected chi connectivity index (χ3v) is 2.66. The Morgan fingerprint density at radius 1 is 1.35 bits per heavy atom. The molecule has 0 atom stereocenters. The molecule has 1 aromatic carbocycles. The molecule has 0 aliphatic rings. The Hall–Kier alpha value is -1.03. The summed E-state index contributed by atoms with van der Waals surface area (Å²) in [5.74, 6) is 0.503. The van der Waals surface area contributed by atoms with E-state index in [1.807, 2.05) is 25.1 Å². The lowest BCUT2D eigenvalue weighted by atomic mass is 10.2. The lowest BCUT2D eigenvalue weighted by molar-refractivity contribution is -0.119. The molecule has 2 N–H and O–H groups in total. The van der Waals surface area contributed by atoms with E-state index in [0.29, 0.717) is 12.5 Å². The molecule has 0 radical (unpaired) electrons. The van der Waals surface area contributed by atoms with Crippen molar-refractivity contribution in [1.82, 2.24) is 5.32 Å². The van der Waals surface area contributed by atoms with Crippen LogP contribution < -0.4 is 10.6 Å². The van der Waals surface area contributed by atoms with Crippen molar-refractivity contribution in [3.63, 3.8) is 0 Å². The standard InChI is InChI=1S/C13H19BrN2O/c1-9(2)7-16-13(17)8-15-12-5-10(3)4-11(14)6-12/h4-6,9,15H,7-8H2,1-3H3,(H,16,17). The van der Waals surface area contributed by atoms with Crippen molar-refractivity contribution >= 4 is 27.5 Å². The quantitative estimate of drug-likeness (QED) is 0.877. The average Bonchev–Trinajstić information content (AvgIpc) is 2.22. The molecule has 4 heteroatoms.